The van der Waals surface area contributed by atoms with Crippen molar-refractivity contribution >= 4 is 34.1 Å². The first-order valence-electron chi connectivity index (χ1n) is 8.87. The standard InChI is InChI=1S/C21H22Cl2O4/c1-3-13-21(14-4-2,15-5-9-17(10-6-15)26-19(22)24)16-7-11-18(12-8-16)27-20(23)25/h5-12H,3-4,13-14H2,1-2H3. The van der Waals surface area contributed by atoms with Crippen molar-refractivity contribution in [1.29, 1.82) is 0 Å². The maximum absolute atomic E-state index is 10.9. The predicted molar refractivity (Wildman–Crippen MR) is 107 cm³/mol. The minimum Gasteiger partial charge on any atom is -0.415 e. The minimum absolute atomic E-state index is 0.198. The molecule has 27 heavy (non-hydrogen) atoms. The van der Waals surface area contributed by atoms with E-state index in [1.807, 2.05) is 24.3 Å². The van der Waals surface area contributed by atoms with Crippen LogP contribution < -0.4 is 9.47 Å². The van der Waals surface area contributed by atoms with E-state index in [-0.39, 0.29) is 5.41 Å². The Morgan fingerprint density at radius 1 is 0.741 bits per heavy atom. The molecule has 0 saturated carbocycles. The van der Waals surface area contributed by atoms with E-state index in [1.54, 1.807) is 24.3 Å². The molecule has 0 spiro atoms. The molecule has 0 aliphatic rings. The van der Waals surface area contributed by atoms with E-state index in [1.165, 1.54) is 0 Å². The topological polar surface area (TPSA) is 52.6 Å². The van der Waals surface area contributed by atoms with Crippen molar-refractivity contribution in [1.82, 2.24) is 0 Å². The highest BCUT2D eigenvalue weighted by Gasteiger charge is 2.32. The molecule has 0 unspecified atom stereocenters. The molecule has 144 valence electrons. The lowest BCUT2D eigenvalue weighted by atomic mass is 9.68. The van der Waals surface area contributed by atoms with E-state index >= 15 is 0 Å². The summed E-state index contributed by atoms with van der Waals surface area (Å²) in [4.78, 5) is 21.9. The third kappa shape index (κ3) is 5.47. The molecule has 4 nitrogen and oxygen atoms in total. The molecule has 0 atom stereocenters. The van der Waals surface area contributed by atoms with Crippen LogP contribution in [0.25, 0.3) is 0 Å². The lowest BCUT2D eigenvalue weighted by Crippen LogP contribution is -2.27. The zero-order chi connectivity index (χ0) is 19.9. The fourth-order valence-electron chi connectivity index (χ4n) is 3.59. The van der Waals surface area contributed by atoms with Crippen molar-refractivity contribution in [3.05, 3.63) is 59.7 Å². The van der Waals surface area contributed by atoms with Crippen LogP contribution in [0.15, 0.2) is 48.5 Å². The summed E-state index contributed by atoms with van der Waals surface area (Å²) in [6.07, 6.45) is 3.89. The van der Waals surface area contributed by atoms with Crippen molar-refractivity contribution < 1.29 is 19.1 Å². The average Bonchev–Trinajstić information content (AvgIpc) is 2.62. The second-order valence-electron chi connectivity index (χ2n) is 6.31. The molecule has 0 N–H and O–H groups in total. The van der Waals surface area contributed by atoms with E-state index < -0.39 is 10.9 Å². The van der Waals surface area contributed by atoms with Gasteiger partial charge in [0.25, 0.3) is 0 Å². The fraction of sp³-hybridized carbons (Fsp3) is 0.333. The van der Waals surface area contributed by atoms with Crippen LogP contribution >= 0.6 is 23.2 Å². The van der Waals surface area contributed by atoms with Crippen LogP contribution in [0.1, 0.15) is 50.7 Å². The Hall–Kier alpha value is -2.04. The van der Waals surface area contributed by atoms with Crippen LogP contribution in [-0.2, 0) is 5.41 Å². The summed E-state index contributed by atoms with van der Waals surface area (Å²) in [5.74, 6) is 0.815. The van der Waals surface area contributed by atoms with Gasteiger partial charge >= 0.3 is 10.9 Å². The smallest absolute Gasteiger partial charge is 0.409 e. The molecule has 0 fully saturated rings. The molecular weight excluding hydrogens is 387 g/mol. The molecule has 2 rings (SSSR count). The van der Waals surface area contributed by atoms with Gasteiger partial charge in [-0.25, -0.2) is 9.59 Å². The molecule has 0 aromatic heterocycles. The Kier molecular flexibility index (Phi) is 7.69. The summed E-state index contributed by atoms with van der Waals surface area (Å²) in [6, 6.07) is 14.9. The number of carbonyl (C=O) groups is 2. The van der Waals surface area contributed by atoms with Gasteiger partial charge in [-0.15, -0.1) is 0 Å². The highest BCUT2D eigenvalue weighted by molar-refractivity contribution is 6.61. The Morgan fingerprint density at radius 3 is 1.33 bits per heavy atom. The van der Waals surface area contributed by atoms with E-state index in [0.717, 1.165) is 36.8 Å². The largest absolute Gasteiger partial charge is 0.415 e. The van der Waals surface area contributed by atoms with Crippen LogP contribution in [0.4, 0.5) is 9.59 Å². The number of benzene rings is 2. The molecule has 2 aromatic carbocycles. The summed E-state index contributed by atoms with van der Waals surface area (Å²) < 4.78 is 9.85. The molecule has 0 aliphatic carbocycles. The van der Waals surface area contributed by atoms with Crippen molar-refractivity contribution in [2.75, 3.05) is 0 Å². The molecular formula is C21H22Cl2O4. The highest BCUT2D eigenvalue weighted by Crippen LogP contribution is 2.42. The second kappa shape index (κ2) is 9.77. The number of carbonyl (C=O) groups excluding carboxylic acids is 2. The summed E-state index contributed by atoms with van der Waals surface area (Å²) >= 11 is 10.6. The van der Waals surface area contributed by atoms with Crippen molar-refractivity contribution in [2.24, 2.45) is 0 Å². The van der Waals surface area contributed by atoms with Crippen molar-refractivity contribution in [2.45, 2.75) is 44.9 Å². The average molecular weight is 409 g/mol. The third-order valence-corrected chi connectivity index (χ3v) is 4.72. The summed E-state index contributed by atoms with van der Waals surface area (Å²) in [6.45, 7) is 4.30. The SMILES string of the molecule is CCCC(CCC)(c1ccc(OC(=O)Cl)cc1)c1ccc(OC(=O)Cl)cc1. The molecule has 0 heterocycles. The van der Waals surface area contributed by atoms with Gasteiger partial charge in [-0.05, 0) is 48.2 Å². The Bertz CT molecular complexity index is 702. The molecule has 0 saturated heterocycles. The van der Waals surface area contributed by atoms with Gasteiger partial charge in [0, 0.05) is 28.6 Å². The Balaban J connectivity index is 2.45. The van der Waals surface area contributed by atoms with Gasteiger partial charge in [-0.1, -0.05) is 51.0 Å². The maximum Gasteiger partial charge on any atom is 0.409 e. The quantitative estimate of drug-likeness (QED) is 0.439. The summed E-state index contributed by atoms with van der Waals surface area (Å²) in [5, 5.41) is 0. The van der Waals surface area contributed by atoms with E-state index in [9.17, 15) is 9.59 Å². The lowest BCUT2D eigenvalue weighted by molar-refractivity contribution is 0.224. The van der Waals surface area contributed by atoms with Crippen LogP contribution in [-0.4, -0.2) is 10.9 Å². The number of hydrogen-bond donors (Lipinski definition) is 0. The van der Waals surface area contributed by atoms with Gasteiger partial charge in [0.05, 0.1) is 0 Å². The normalized spacial score (nSPS) is 11.1. The molecule has 0 amide bonds. The molecule has 6 heteroatoms. The van der Waals surface area contributed by atoms with Gasteiger partial charge in [-0.3, -0.25) is 0 Å². The first-order valence-corrected chi connectivity index (χ1v) is 9.62. The monoisotopic (exact) mass is 408 g/mol. The van der Waals surface area contributed by atoms with Crippen molar-refractivity contribution in [3.8, 4) is 11.5 Å². The van der Waals surface area contributed by atoms with E-state index in [0.29, 0.717) is 11.5 Å². The second-order valence-corrected chi connectivity index (χ2v) is 6.93. The fourth-order valence-corrected chi connectivity index (χ4v) is 3.77. The lowest BCUT2D eigenvalue weighted by Gasteiger charge is -2.35. The van der Waals surface area contributed by atoms with E-state index in [2.05, 4.69) is 13.8 Å². The summed E-state index contributed by atoms with van der Waals surface area (Å²) in [5.41, 5.74) is 0.336. The van der Waals surface area contributed by atoms with Crippen molar-refractivity contribution in [3.63, 3.8) is 0 Å². The Labute approximate surface area is 169 Å². The van der Waals surface area contributed by atoms with Gasteiger partial charge in [-0.2, -0.15) is 0 Å². The Morgan fingerprint density at radius 2 is 1.07 bits per heavy atom. The van der Waals surface area contributed by atoms with Crippen LogP contribution in [0.3, 0.4) is 0 Å². The third-order valence-electron chi connectivity index (χ3n) is 4.56. The number of rotatable bonds is 8. The van der Waals surface area contributed by atoms with Gasteiger partial charge < -0.3 is 9.47 Å². The van der Waals surface area contributed by atoms with Crippen LogP contribution in [0.2, 0.25) is 0 Å². The maximum atomic E-state index is 10.9. The first kappa shape index (κ1) is 21.3. The number of ether oxygens (including phenoxy) is 2. The zero-order valence-corrected chi connectivity index (χ0v) is 16.8. The molecule has 0 radical (unpaired) electrons. The molecule has 2 aromatic rings. The number of hydrogen-bond acceptors (Lipinski definition) is 4. The van der Waals surface area contributed by atoms with Gasteiger partial charge in [0.2, 0.25) is 0 Å². The minimum atomic E-state index is -0.861. The van der Waals surface area contributed by atoms with Crippen LogP contribution in [0.5, 0.6) is 11.5 Å². The van der Waals surface area contributed by atoms with E-state index in [4.69, 9.17) is 32.7 Å². The molecule has 0 bridgehead atoms. The predicted octanol–water partition coefficient (Wildman–Crippen LogP) is 7.05. The van der Waals surface area contributed by atoms with Gasteiger partial charge in [0.1, 0.15) is 11.5 Å². The first-order chi connectivity index (χ1) is 12.9. The van der Waals surface area contributed by atoms with Crippen LogP contribution in [0, 0.1) is 0 Å². The highest BCUT2D eigenvalue weighted by atomic mass is 35.5. The number of halogens is 2. The molecule has 0 aliphatic heterocycles. The zero-order valence-electron chi connectivity index (χ0n) is 15.3. The van der Waals surface area contributed by atoms with Gasteiger partial charge in [0.15, 0.2) is 0 Å². The summed E-state index contributed by atoms with van der Waals surface area (Å²) in [7, 11) is 0.